The van der Waals surface area contributed by atoms with Crippen LogP contribution < -0.4 is 15.8 Å². The zero-order chi connectivity index (χ0) is 14.0. The summed E-state index contributed by atoms with van der Waals surface area (Å²) in [5, 5.41) is 11.9. The summed E-state index contributed by atoms with van der Waals surface area (Å²) >= 11 is 0. The van der Waals surface area contributed by atoms with Crippen LogP contribution >= 0.6 is 0 Å². The number of nitrogens with one attached hydrogen (secondary N) is 1. The van der Waals surface area contributed by atoms with Gasteiger partial charge in [-0.15, -0.1) is 0 Å². The molecule has 19 heavy (non-hydrogen) atoms. The molecule has 0 saturated carbocycles. The average molecular weight is 264 g/mol. The van der Waals surface area contributed by atoms with E-state index in [0.717, 1.165) is 0 Å². The Morgan fingerprint density at radius 3 is 2.95 bits per heavy atom. The number of benzene rings is 1. The molecule has 1 aliphatic heterocycles. The van der Waals surface area contributed by atoms with Crippen molar-refractivity contribution in [3.63, 3.8) is 0 Å². The van der Waals surface area contributed by atoms with Crippen LogP contribution in [0.25, 0.3) is 0 Å². The lowest BCUT2D eigenvalue weighted by Crippen LogP contribution is -2.34. The number of carboxylic acids is 1. The van der Waals surface area contributed by atoms with E-state index in [1.165, 1.54) is 0 Å². The third kappa shape index (κ3) is 2.68. The Morgan fingerprint density at radius 1 is 1.58 bits per heavy atom. The lowest BCUT2D eigenvalue weighted by molar-refractivity contribution is -0.138. The van der Waals surface area contributed by atoms with Crippen molar-refractivity contribution in [2.24, 2.45) is 5.73 Å². The van der Waals surface area contributed by atoms with Gasteiger partial charge in [0.15, 0.2) is 6.10 Å². The molecule has 6 heteroatoms. The Kier molecular flexibility index (Phi) is 3.71. The molecule has 102 valence electrons. The van der Waals surface area contributed by atoms with Gasteiger partial charge in [0.05, 0.1) is 11.6 Å². The molecule has 1 aromatic rings. The highest BCUT2D eigenvalue weighted by atomic mass is 16.5. The lowest BCUT2D eigenvalue weighted by atomic mass is 9.95. The van der Waals surface area contributed by atoms with Crippen LogP contribution in [0.2, 0.25) is 0 Å². The fourth-order valence-corrected chi connectivity index (χ4v) is 2.04. The highest BCUT2D eigenvalue weighted by Crippen LogP contribution is 2.33. The van der Waals surface area contributed by atoms with Crippen LogP contribution in [0.5, 0.6) is 5.75 Å². The summed E-state index contributed by atoms with van der Waals surface area (Å²) in [7, 11) is 0. The number of carboxylic acid groups (broad SMARTS) is 1. The molecule has 6 nitrogen and oxygen atoms in total. The molecule has 2 rings (SSSR count). The number of hydrogen-bond acceptors (Lipinski definition) is 4. The summed E-state index contributed by atoms with van der Waals surface area (Å²) in [4.78, 5) is 22.7. The van der Waals surface area contributed by atoms with E-state index in [2.05, 4.69) is 5.32 Å². The third-order valence-electron chi connectivity index (χ3n) is 3.09. The van der Waals surface area contributed by atoms with E-state index in [9.17, 15) is 14.7 Å². The number of fused-ring (bicyclic) bond motifs is 1. The highest BCUT2D eigenvalue weighted by Gasteiger charge is 2.26. The molecule has 0 aromatic heterocycles. The molecular formula is C13H16N2O4. The van der Waals surface area contributed by atoms with E-state index in [1.54, 1.807) is 25.1 Å². The largest absolute Gasteiger partial charge is 0.481 e. The maximum Gasteiger partial charge on any atom is 0.311 e. The molecule has 2 unspecified atom stereocenters. The van der Waals surface area contributed by atoms with Gasteiger partial charge in [0.1, 0.15) is 5.75 Å². The zero-order valence-corrected chi connectivity index (χ0v) is 10.6. The number of aliphatic carboxylic acids is 1. The highest BCUT2D eigenvalue weighted by molar-refractivity contribution is 5.97. The second-order valence-corrected chi connectivity index (χ2v) is 4.47. The van der Waals surface area contributed by atoms with E-state index >= 15 is 0 Å². The summed E-state index contributed by atoms with van der Waals surface area (Å²) in [6, 6.07) is 5.00. The quantitative estimate of drug-likeness (QED) is 0.750. The Morgan fingerprint density at radius 2 is 2.32 bits per heavy atom. The molecule has 1 heterocycles. The van der Waals surface area contributed by atoms with Gasteiger partial charge in [-0.2, -0.15) is 0 Å². The van der Waals surface area contributed by atoms with Crippen molar-refractivity contribution >= 4 is 17.6 Å². The number of rotatable bonds is 4. The first-order chi connectivity index (χ1) is 9.02. The van der Waals surface area contributed by atoms with Gasteiger partial charge in [0.2, 0.25) is 0 Å². The minimum Gasteiger partial charge on any atom is -0.481 e. The van der Waals surface area contributed by atoms with Crippen molar-refractivity contribution in [1.82, 2.24) is 0 Å². The van der Waals surface area contributed by atoms with Crippen LogP contribution in [0.1, 0.15) is 24.8 Å². The van der Waals surface area contributed by atoms with Crippen molar-refractivity contribution < 1.29 is 19.4 Å². The Labute approximate surface area is 110 Å². The zero-order valence-electron chi connectivity index (χ0n) is 10.6. The monoisotopic (exact) mass is 264 g/mol. The number of carbonyl (C=O) groups excluding carboxylic acids is 1. The summed E-state index contributed by atoms with van der Waals surface area (Å²) < 4.78 is 5.42. The number of carbonyl (C=O) groups is 2. The van der Waals surface area contributed by atoms with E-state index < -0.39 is 18.0 Å². The normalized spacial score (nSPS) is 19.1. The van der Waals surface area contributed by atoms with Gasteiger partial charge in [-0.3, -0.25) is 9.59 Å². The number of nitrogens with two attached hydrogens (primary N) is 1. The van der Waals surface area contributed by atoms with Crippen molar-refractivity contribution in [3.8, 4) is 5.75 Å². The van der Waals surface area contributed by atoms with Gasteiger partial charge in [0, 0.05) is 0 Å². The molecule has 0 saturated heterocycles. The lowest BCUT2D eigenvalue weighted by Gasteiger charge is -2.24. The maximum absolute atomic E-state index is 11.5. The van der Waals surface area contributed by atoms with E-state index in [-0.39, 0.29) is 12.5 Å². The Balaban J connectivity index is 2.32. The second kappa shape index (κ2) is 5.27. The molecule has 0 fully saturated rings. The molecule has 2 atom stereocenters. The predicted octanol–water partition coefficient (Wildman–Crippen LogP) is 0.923. The van der Waals surface area contributed by atoms with Gasteiger partial charge in [0.25, 0.3) is 5.91 Å². The van der Waals surface area contributed by atoms with Crippen LogP contribution in [0.15, 0.2) is 18.2 Å². The molecular weight excluding hydrogens is 248 g/mol. The van der Waals surface area contributed by atoms with Gasteiger partial charge in [-0.25, -0.2) is 0 Å². The molecule has 1 aromatic carbocycles. The van der Waals surface area contributed by atoms with Crippen LogP contribution in [0.3, 0.4) is 0 Å². The molecule has 0 bridgehead atoms. The van der Waals surface area contributed by atoms with Crippen molar-refractivity contribution in [3.05, 3.63) is 23.8 Å². The summed E-state index contributed by atoms with van der Waals surface area (Å²) in [5.74, 6) is -1.29. The summed E-state index contributed by atoms with van der Waals surface area (Å²) in [6.45, 7) is 1.94. The molecule has 1 aliphatic rings. The topological polar surface area (TPSA) is 102 Å². The Bertz CT molecular complexity index is 515. The number of anilines is 1. The number of hydrogen-bond donors (Lipinski definition) is 3. The van der Waals surface area contributed by atoms with Crippen LogP contribution in [0.4, 0.5) is 5.69 Å². The molecule has 0 radical (unpaired) electrons. The minimum absolute atomic E-state index is 0.240. The second-order valence-electron chi connectivity index (χ2n) is 4.47. The summed E-state index contributed by atoms with van der Waals surface area (Å²) in [5.41, 5.74) is 6.54. The van der Waals surface area contributed by atoms with E-state index in [4.69, 9.17) is 10.5 Å². The Hall–Kier alpha value is -2.08. The fourth-order valence-electron chi connectivity index (χ4n) is 2.04. The van der Waals surface area contributed by atoms with Gasteiger partial charge in [-0.1, -0.05) is 6.07 Å². The SMILES string of the molecule is CC1Oc2ccc(C(CCN)C(=O)O)cc2NC1=O. The minimum atomic E-state index is -0.929. The molecule has 0 spiro atoms. The standard InChI is InChI=1S/C13H16N2O4/c1-7-12(16)15-10-6-8(2-3-11(10)19-7)9(4-5-14)13(17)18/h2-3,6-7,9H,4-5,14H2,1H3,(H,15,16)(H,17,18). The third-order valence-corrected chi connectivity index (χ3v) is 3.09. The maximum atomic E-state index is 11.5. The van der Waals surface area contributed by atoms with Crippen molar-refractivity contribution in [2.75, 3.05) is 11.9 Å². The van der Waals surface area contributed by atoms with Crippen LogP contribution in [0, 0.1) is 0 Å². The first kappa shape index (κ1) is 13.4. The number of amides is 1. The molecule has 1 amide bonds. The van der Waals surface area contributed by atoms with E-state index in [1.807, 2.05) is 0 Å². The predicted molar refractivity (Wildman–Crippen MR) is 69.2 cm³/mol. The van der Waals surface area contributed by atoms with Crippen molar-refractivity contribution in [2.45, 2.75) is 25.4 Å². The molecule has 4 N–H and O–H groups in total. The number of ether oxygens (including phenoxy) is 1. The van der Waals surface area contributed by atoms with Crippen molar-refractivity contribution in [1.29, 1.82) is 0 Å². The van der Waals surface area contributed by atoms with Gasteiger partial charge < -0.3 is 20.9 Å². The summed E-state index contributed by atoms with van der Waals surface area (Å²) in [6.07, 6.45) is -0.197. The first-order valence-electron chi connectivity index (χ1n) is 6.07. The smallest absolute Gasteiger partial charge is 0.311 e. The first-order valence-corrected chi connectivity index (χ1v) is 6.07. The van der Waals surface area contributed by atoms with Crippen LogP contribution in [-0.2, 0) is 9.59 Å². The van der Waals surface area contributed by atoms with Gasteiger partial charge >= 0.3 is 5.97 Å². The molecule has 0 aliphatic carbocycles. The van der Waals surface area contributed by atoms with E-state index in [0.29, 0.717) is 23.4 Å². The fraction of sp³-hybridized carbons (Fsp3) is 0.385. The van der Waals surface area contributed by atoms with Gasteiger partial charge in [-0.05, 0) is 37.6 Å². The van der Waals surface area contributed by atoms with Crippen LogP contribution in [-0.4, -0.2) is 29.6 Å². The average Bonchev–Trinajstić information content (AvgIpc) is 2.36.